The van der Waals surface area contributed by atoms with Gasteiger partial charge in [-0.3, -0.25) is 0 Å². The summed E-state index contributed by atoms with van der Waals surface area (Å²) in [5.74, 6) is 3.40. The quantitative estimate of drug-likeness (QED) is 0.864. The summed E-state index contributed by atoms with van der Waals surface area (Å²) < 4.78 is 0. The van der Waals surface area contributed by atoms with Crippen LogP contribution in [0.25, 0.3) is 11.2 Å². The molecule has 0 atom stereocenters. The minimum absolute atomic E-state index is 0.433. The average Bonchev–Trinajstić information content (AvgIpc) is 2.89. The van der Waals surface area contributed by atoms with E-state index in [9.17, 15) is 0 Å². The van der Waals surface area contributed by atoms with Crippen molar-refractivity contribution < 1.29 is 0 Å². The molecule has 3 rings (SSSR count). The zero-order valence-electron chi connectivity index (χ0n) is 13.5. The van der Waals surface area contributed by atoms with Crippen LogP contribution in [0.1, 0.15) is 58.2 Å². The van der Waals surface area contributed by atoms with Gasteiger partial charge in [0.25, 0.3) is 0 Å². The predicted molar refractivity (Wildman–Crippen MR) is 87.6 cm³/mol. The number of aromatic amines is 1. The van der Waals surface area contributed by atoms with Gasteiger partial charge in [0.1, 0.15) is 11.6 Å². The van der Waals surface area contributed by atoms with Crippen LogP contribution in [-0.4, -0.2) is 22.0 Å². The Morgan fingerprint density at radius 2 is 1.81 bits per heavy atom. The molecule has 0 unspecified atom stereocenters. The number of hydrogen-bond acceptors (Lipinski definition) is 3. The summed E-state index contributed by atoms with van der Waals surface area (Å²) in [5, 5.41) is 3.07. The lowest BCUT2D eigenvalue weighted by molar-refractivity contribution is 0.167. The molecule has 1 saturated carbocycles. The van der Waals surface area contributed by atoms with Gasteiger partial charge in [0.05, 0.1) is 5.52 Å². The summed E-state index contributed by atoms with van der Waals surface area (Å²) in [4.78, 5) is 12.7. The average molecular weight is 286 g/mol. The van der Waals surface area contributed by atoms with Gasteiger partial charge in [-0.05, 0) is 49.1 Å². The summed E-state index contributed by atoms with van der Waals surface area (Å²) in [6, 6.07) is 4.05. The minimum atomic E-state index is 0.433. The van der Waals surface area contributed by atoms with Crippen molar-refractivity contribution in [3.63, 3.8) is 0 Å². The summed E-state index contributed by atoms with van der Waals surface area (Å²) >= 11 is 0. The molecule has 0 saturated heterocycles. The van der Waals surface area contributed by atoms with E-state index in [1.165, 1.54) is 25.7 Å². The molecular formula is C17H26N4. The molecule has 21 heavy (non-hydrogen) atoms. The first kappa shape index (κ1) is 14.4. The van der Waals surface area contributed by atoms with Gasteiger partial charge in [-0.15, -0.1) is 0 Å². The van der Waals surface area contributed by atoms with Crippen LogP contribution >= 0.6 is 0 Å². The third-order valence-corrected chi connectivity index (χ3v) is 4.96. The van der Waals surface area contributed by atoms with Crippen LogP contribution < -0.4 is 5.32 Å². The Hall–Kier alpha value is -1.58. The van der Waals surface area contributed by atoms with E-state index in [1.54, 1.807) is 0 Å². The first-order valence-corrected chi connectivity index (χ1v) is 8.02. The molecule has 0 bridgehead atoms. The van der Waals surface area contributed by atoms with Crippen LogP contribution in [0, 0.1) is 11.3 Å². The highest BCUT2D eigenvalue weighted by Gasteiger charge is 2.31. The van der Waals surface area contributed by atoms with Crippen molar-refractivity contribution in [2.24, 2.45) is 11.3 Å². The highest BCUT2D eigenvalue weighted by atomic mass is 15.0. The maximum atomic E-state index is 4.73. The molecule has 1 fully saturated rings. The number of nitrogens with one attached hydrogen (secondary N) is 2. The van der Waals surface area contributed by atoms with Crippen LogP contribution in [-0.2, 0) is 0 Å². The summed E-state index contributed by atoms with van der Waals surface area (Å²) in [6.45, 7) is 7.09. The number of pyridine rings is 1. The third-order valence-electron chi connectivity index (χ3n) is 4.96. The van der Waals surface area contributed by atoms with Gasteiger partial charge in [-0.25, -0.2) is 9.97 Å². The molecule has 0 amide bonds. The smallest absolute Gasteiger partial charge is 0.179 e. The van der Waals surface area contributed by atoms with E-state index in [0.29, 0.717) is 11.3 Å². The maximum Gasteiger partial charge on any atom is 0.179 e. The Labute approximate surface area is 126 Å². The largest absolute Gasteiger partial charge is 0.373 e. The van der Waals surface area contributed by atoms with Crippen molar-refractivity contribution in [2.75, 3.05) is 12.4 Å². The third kappa shape index (κ3) is 2.89. The Morgan fingerprint density at radius 3 is 2.43 bits per heavy atom. The number of H-pyrrole nitrogens is 1. The van der Waals surface area contributed by atoms with E-state index in [-0.39, 0.29) is 0 Å². The van der Waals surface area contributed by atoms with E-state index in [1.807, 2.05) is 13.1 Å². The SMILES string of the molecule is CNc1ccc2[nH]c(C3CCC(C(C)(C)C)CC3)nc2n1. The fraction of sp³-hybridized carbons (Fsp3) is 0.647. The molecule has 114 valence electrons. The van der Waals surface area contributed by atoms with Crippen molar-refractivity contribution in [2.45, 2.75) is 52.4 Å². The lowest BCUT2D eigenvalue weighted by Gasteiger charge is -2.36. The van der Waals surface area contributed by atoms with Gasteiger partial charge >= 0.3 is 0 Å². The molecule has 0 radical (unpaired) electrons. The Kier molecular flexibility index (Phi) is 3.64. The van der Waals surface area contributed by atoms with E-state index < -0.39 is 0 Å². The Morgan fingerprint density at radius 1 is 1.10 bits per heavy atom. The number of anilines is 1. The molecule has 0 aliphatic heterocycles. The molecule has 2 aromatic rings. The Balaban J connectivity index is 1.76. The van der Waals surface area contributed by atoms with Gasteiger partial charge in [-0.1, -0.05) is 20.8 Å². The molecule has 4 heteroatoms. The number of fused-ring (bicyclic) bond motifs is 1. The standard InChI is InChI=1S/C17H26N4/c1-17(2,3)12-7-5-11(6-8-12)15-19-13-9-10-14(18-4)20-16(13)21-15/h9-12H,5-8H2,1-4H3,(H2,18,19,20,21). The normalized spacial score (nSPS) is 23.4. The second-order valence-corrected chi connectivity index (χ2v) is 7.35. The zero-order valence-corrected chi connectivity index (χ0v) is 13.5. The summed E-state index contributed by atoms with van der Waals surface area (Å²) in [7, 11) is 1.88. The number of hydrogen-bond donors (Lipinski definition) is 2. The highest BCUT2D eigenvalue weighted by molar-refractivity contribution is 5.73. The summed E-state index contributed by atoms with van der Waals surface area (Å²) in [6.07, 6.45) is 5.09. The van der Waals surface area contributed by atoms with Crippen LogP contribution in [0.4, 0.5) is 5.82 Å². The molecule has 4 nitrogen and oxygen atoms in total. The monoisotopic (exact) mass is 286 g/mol. The number of nitrogens with zero attached hydrogens (tertiary/aromatic N) is 2. The molecule has 1 aliphatic rings. The van der Waals surface area contributed by atoms with Crippen molar-refractivity contribution >= 4 is 17.0 Å². The second-order valence-electron chi connectivity index (χ2n) is 7.35. The molecule has 0 spiro atoms. The van der Waals surface area contributed by atoms with Crippen LogP contribution in [0.5, 0.6) is 0 Å². The van der Waals surface area contributed by atoms with Crippen molar-refractivity contribution in [1.29, 1.82) is 0 Å². The van der Waals surface area contributed by atoms with Crippen molar-refractivity contribution in [3.05, 3.63) is 18.0 Å². The molecule has 2 aromatic heterocycles. The maximum absolute atomic E-state index is 4.73. The van der Waals surface area contributed by atoms with Crippen molar-refractivity contribution in [3.8, 4) is 0 Å². The lowest BCUT2D eigenvalue weighted by atomic mass is 9.70. The zero-order chi connectivity index (χ0) is 15.0. The first-order valence-electron chi connectivity index (χ1n) is 8.02. The van der Waals surface area contributed by atoms with Gasteiger partial charge in [0.15, 0.2) is 5.65 Å². The van der Waals surface area contributed by atoms with E-state index >= 15 is 0 Å². The van der Waals surface area contributed by atoms with Gasteiger partial charge in [0.2, 0.25) is 0 Å². The fourth-order valence-corrected chi connectivity index (χ4v) is 3.48. The van der Waals surface area contributed by atoms with Crippen molar-refractivity contribution in [1.82, 2.24) is 15.0 Å². The second kappa shape index (κ2) is 5.32. The summed E-state index contributed by atoms with van der Waals surface area (Å²) in [5.41, 5.74) is 2.30. The van der Waals surface area contributed by atoms with Crippen LogP contribution in [0.3, 0.4) is 0 Å². The molecule has 0 aromatic carbocycles. The predicted octanol–water partition coefficient (Wildman–Crippen LogP) is 4.32. The van der Waals surface area contributed by atoms with Gasteiger partial charge in [0, 0.05) is 13.0 Å². The van der Waals surface area contributed by atoms with E-state index in [2.05, 4.69) is 42.1 Å². The fourth-order valence-electron chi connectivity index (χ4n) is 3.48. The minimum Gasteiger partial charge on any atom is -0.373 e. The highest BCUT2D eigenvalue weighted by Crippen LogP contribution is 2.42. The van der Waals surface area contributed by atoms with E-state index in [0.717, 1.165) is 28.7 Å². The Bertz CT molecular complexity index is 615. The first-order chi connectivity index (χ1) is 9.97. The number of aromatic nitrogens is 3. The number of rotatable bonds is 2. The van der Waals surface area contributed by atoms with Crippen LogP contribution in [0.2, 0.25) is 0 Å². The van der Waals surface area contributed by atoms with E-state index in [4.69, 9.17) is 4.98 Å². The lowest BCUT2D eigenvalue weighted by Crippen LogP contribution is -2.25. The van der Waals surface area contributed by atoms with Crippen LogP contribution in [0.15, 0.2) is 12.1 Å². The topological polar surface area (TPSA) is 53.6 Å². The number of imidazole rings is 1. The van der Waals surface area contributed by atoms with Gasteiger partial charge in [-0.2, -0.15) is 0 Å². The molecular weight excluding hydrogens is 260 g/mol. The molecule has 2 heterocycles. The van der Waals surface area contributed by atoms with Gasteiger partial charge < -0.3 is 10.3 Å². The molecule has 1 aliphatic carbocycles. The molecule has 2 N–H and O–H groups in total.